The molecule has 1 aliphatic heterocycles. The molecule has 1 N–H and O–H groups in total. The van der Waals surface area contributed by atoms with E-state index in [0.717, 1.165) is 6.26 Å². The Balaban J connectivity index is 1.82. The molecule has 31 heavy (non-hydrogen) atoms. The summed E-state index contributed by atoms with van der Waals surface area (Å²) in [5.41, 5.74) is 0.788. The maximum absolute atomic E-state index is 13.2. The summed E-state index contributed by atoms with van der Waals surface area (Å²) < 4.78 is 50.7. The van der Waals surface area contributed by atoms with Crippen molar-refractivity contribution in [2.24, 2.45) is 0 Å². The number of benzene rings is 2. The smallest absolute Gasteiger partial charge is 0.243 e. The molecular formula is C21H24N2O6S2. The van der Waals surface area contributed by atoms with Gasteiger partial charge in [-0.05, 0) is 56.2 Å². The second-order valence-electron chi connectivity index (χ2n) is 7.49. The number of carbonyl (C=O) groups excluding carboxylic acids is 2. The third-order valence-corrected chi connectivity index (χ3v) is 8.22. The Morgan fingerprint density at radius 1 is 0.903 bits per heavy atom. The van der Waals surface area contributed by atoms with Gasteiger partial charge in [-0.1, -0.05) is 18.6 Å². The lowest BCUT2D eigenvalue weighted by atomic mass is 10.0. The minimum Gasteiger partial charge on any atom is -0.325 e. The van der Waals surface area contributed by atoms with Crippen molar-refractivity contribution in [2.45, 2.75) is 42.0 Å². The number of hydrogen-bond donors (Lipinski definition) is 1. The molecule has 1 heterocycles. The molecule has 0 radical (unpaired) electrons. The number of sulfone groups is 1. The molecule has 10 heteroatoms. The van der Waals surface area contributed by atoms with Crippen LogP contribution in [-0.4, -0.2) is 51.7 Å². The third-order valence-electron chi connectivity index (χ3n) is 5.17. The molecule has 0 bridgehead atoms. The summed E-state index contributed by atoms with van der Waals surface area (Å²) in [5, 5.41) is 2.68. The second kappa shape index (κ2) is 8.89. The van der Waals surface area contributed by atoms with E-state index >= 15 is 0 Å². The van der Waals surface area contributed by atoms with Crippen LogP contribution < -0.4 is 5.32 Å². The molecule has 2 aromatic carbocycles. The summed E-state index contributed by atoms with van der Waals surface area (Å²) in [6.07, 6.45) is 2.81. The minimum absolute atomic E-state index is 0.0229. The zero-order valence-corrected chi connectivity index (χ0v) is 18.9. The van der Waals surface area contributed by atoms with Gasteiger partial charge in [0.15, 0.2) is 15.6 Å². The number of anilines is 1. The number of nitrogens with zero attached hydrogens (tertiary/aromatic N) is 1. The molecular weight excluding hydrogens is 440 g/mol. The van der Waals surface area contributed by atoms with E-state index in [1.54, 1.807) is 0 Å². The van der Waals surface area contributed by atoms with Crippen LogP contribution in [-0.2, 0) is 24.7 Å². The number of sulfonamides is 1. The van der Waals surface area contributed by atoms with Gasteiger partial charge in [0.05, 0.1) is 9.79 Å². The summed E-state index contributed by atoms with van der Waals surface area (Å²) in [7, 11) is -7.29. The third kappa shape index (κ3) is 5.20. The fraction of sp³-hybridized carbons (Fsp3) is 0.333. The standard InChI is InChI=1S/C21H24N2O6S2/c1-15(24)16-6-10-19(11-7-16)31(28,29)23-14-4-3-5-20(23)21(25)22-17-8-12-18(13-9-17)30(2,26)27/h6-13,20H,3-5,14H2,1-2H3,(H,22,25). The Labute approximate surface area is 182 Å². The lowest BCUT2D eigenvalue weighted by Crippen LogP contribution is -2.49. The van der Waals surface area contributed by atoms with Gasteiger partial charge in [-0.2, -0.15) is 4.31 Å². The largest absolute Gasteiger partial charge is 0.325 e. The molecule has 1 fully saturated rings. The molecule has 1 aliphatic rings. The first-order chi connectivity index (χ1) is 14.5. The molecule has 1 atom stereocenters. The summed E-state index contributed by atoms with van der Waals surface area (Å²) in [5.74, 6) is -0.642. The van der Waals surface area contributed by atoms with E-state index in [9.17, 15) is 26.4 Å². The molecule has 0 aliphatic carbocycles. The van der Waals surface area contributed by atoms with Crippen LogP contribution in [0.5, 0.6) is 0 Å². The van der Waals surface area contributed by atoms with Crippen molar-refractivity contribution in [1.82, 2.24) is 4.31 Å². The van der Waals surface area contributed by atoms with Gasteiger partial charge < -0.3 is 5.32 Å². The topological polar surface area (TPSA) is 118 Å². The van der Waals surface area contributed by atoms with Crippen molar-refractivity contribution in [3.05, 3.63) is 54.1 Å². The molecule has 1 amide bonds. The predicted molar refractivity (Wildman–Crippen MR) is 116 cm³/mol. The van der Waals surface area contributed by atoms with E-state index in [0.29, 0.717) is 30.5 Å². The fourth-order valence-corrected chi connectivity index (χ4v) is 5.75. The van der Waals surface area contributed by atoms with Gasteiger partial charge >= 0.3 is 0 Å². The first-order valence-corrected chi connectivity index (χ1v) is 13.1. The van der Waals surface area contributed by atoms with Crippen molar-refractivity contribution < 1.29 is 26.4 Å². The van der Waals surface area contributed by atoms with Crippen molar-refractivity contribution in [3.8, 4) is 0 Å². The summed E-state index contributed by atoms with van der Waals surface area (Å²) in [4.78, 5) is 24.5. The summed E-state index contributed by atoms with van der Waals surface area (Å²) >= 11 is 0. The summed E-state index contributed by atoms with van der Waals surface area (Å²) in [6, 6.07) is 10.5. The zero-order valence-electron chi connectivity index (χ0n) is 17.2. The average molecular weight is 465 g/mol. The monoisotopic (exact) mass is 464 g/mol. The molecule has 1 unspecified atom stereocenters. The number of amides is 1. The van der Waals surface area contributed by atoms with Crippen LogP contribution in [0.25, 0.3) is 0 Å². The molecule has 0 saturated carbocycles. The summed E-state index contributed by atoms with van der Waals surface area (Å²) in [6.45, 7) is 1.61. The maximum Gasteiger partial charge on any atom is 0.243 e. The molecule has 2 aromatic rings. The van der Waals surface area contributed by atoms with E-state index in [4.69, 9.17) is 0 Å². The highest BCUT2D eigenvalue weighted by atomic mass is 32.2. The van der Waals surface area contributed by atoms with Crippen LogP contribution in [0.4, 0.5) is 5.69 Å². The van der Waals surface area contributed by atoms with E-state index in [1.807, 2.05) is 0 Å². The van der Waals surface area contributed by atoms with Gasteiger partial charge in [-0.3, -0.25) is 9.59 Å². The van der Waals surface area contributed by atoms with Crippen LogP contribution in [0.15, 0.2) is 58.3 Å². The minimum atomic E-state index is -3.94. The molecule has 8 nitrogen and oxygen atoms in total. The van der Waals surface area contributed by atoms with Crippen LogP contribution in [0.2, 0.25) is 0 Å². The van der Waals surface area contributed by atoms with Crippen molar-refractivity contribution in [2.75, 3.05) is 18.1 Å². The van der Waals surface area contributed by atoms with Gasteiger partial charge in [0.2, 0.25) is 15.9 Å². The fourth-order valence-electron chi connectivity index (χ4n) is 3.46. The number of piperidine rings is 1. The highest BCUT2D eigenvalue weighted by Crippen LogP contribution is 2.27. The Hall–Kier alpha value is -2.56. The quantitative estimate of drug-likeness (QED) is 0.656. The molecule has 3 rings (SSSR count). The SMILES string of the molecule is CC(=O)c1ccc(S(=O)(=O)N2CCCCC2C(=O)Nc2ccc(S(C)(=O)=O)cc2)cc1. The number of carbonyl (C=O) groups is 2. The first kappa shape index (κ1) is 23.1. The van der Waals surface area contributed by atoms with E-state index in [-0.39, 0.29) is 22.1 Å². The molecule has 166 valence electrons. The number of hydrogen-bond acceptors (Lipinski definition) is 6. The van der Waals surface area contributed by atoms with Crippen LogP contribution in [0.1, 0.15) is 36.5 Å². The van der Waals surface area contributed by atoms with Crippen molar-refractivity contribution in [3.63, 3.8) is 0 Å². The number of rotatable bonds is 6. The van der Waals surface area contributed by atoms with Crippen LogP contribution >= 0.6 is 0 Å². The number of Topliss-reactive ketones (excluding diaryl/α,β-unsaturated/α-hetero) is 1. The number of ketones is 1. The van der Waals surface area contributed by atoms with Gasteiger partial charge in [0.25, 0.3) is 0 Å². The Kier molecular flexibility index (Phi) is 6.63. The van der Waals surface area contributed by atoms with Crippen molar-refractivity contribution in [1.29, 1.82) is 0 Å². The molecule has 0 spiro atoms. The number of nitrogens with one attached hydrogen (secondary N) is 1. The van der Waals surface area contributed by atoms with Gasteiger partial charge in [0, 0.05) is 24.1 Å². The Bertz CT molecular complexity index is 1190. The Morgan fingerprint density at radius 2 is 1.48 bits per heavy atom. The lowest BCUT2D eigenvalue weighted by molar-refractivity contribution is -0.120. The Morgan fingerprint density at radius 3 is 2.03 bits per heavy atom. The van der Waals surface area contributed by atoms with Crippen molar-refractivity contribution >= 4 is 37.2 Å². The molecule has 1 saturated heterocycles. The highest BCUT2D eigenvalue weighted by molar-refractivity contribution is 7.90. The van der Waals surface area contributed by atoms with E-state index in [1.165, 1.54) is 59.8 Å². The van der Waals surface area contributed by atoms with Gasteiger partial charge in [-0.15, -0.1) is 0 Å². The highest BCUT2D eigenvalue weighted by Gasteiger charge is 2.37. The lowest BCUT2D eigenvalue weighted by Gasteiger charge is -2.33. The predicted octanol–water partition coefficient (Wildman–Crippen LogP) is 2.47. The van der Waals surface area contributed by atoms with E-state index < -0.39 is 31.8 Å². The van der Waals surface area contributed by atoms with Gasteiger partial charge in [-0.25, -0.2) is 16.8 Å². The van der Waals surface area contributed by atoms with E-state index in [2.05, 4.69) is 5.32 Å². The first-order valence-electron chi connectivity index (χ1n) is 9.74. The maximum atomic E-state index is 13.2. The van der Waals surface area contributed by atoms with Crippen LogP contribution in [0, 0.1) is 0 Å². The normalized spacial score (nSPS) is 17.8. The molecule has 0 aromatic heterocycles. The average Bonchev–Trinajstić information content (AvgIpc) is 2.73. The zero-order chi connectivity index (χ0) is 22.8. The van der Waals surface area contributed by atoms with Crippen LogP contribution in [0.3, 0.4) is 0 Å². The second-order valence-corrected chi connectivity index (χ2v) is 11.4. The van der Waals surface area contributed by atoms with Gasteiger partial charge in [0.1, 0.15) is 6.04 Å².